The van der Waals surface area contributed by atoms with Crippen molar-refractivity contribution in [2.24, 2.45) is 11.3 Å². The standard InChI is InChI=1S/C18H25N3O3/c1-12(2)15-19-9-14(10-20-15)16(22)21-7-3-6-18(11-21,17(23)24)8-13-4-5-13/h9-10,12-13H,3-8,11H2,1-2H3,(H,23,24). The van der Waals surface area contributed by atoms with Gasteiger partial charge in [-0.3, -0.25) is 9.59 Å². The van der Waals surface area contributed by atoms with E-state index in [-0.39, 0.29) is 11.8 Å². The van der Waals surface area contributed by atoms with Gasteiger partial charge in [0, 0.05) is 31.4 Å². The topological polar surface area (TPSA) is 83.4 Å². The second-order valence-corrected chi connectivity index (χ2v) is 7.55. The molecule has 24 heavy (non-hydrogen) atoms. The number of carboxylic acids is 1. The Morgan fingerprint density at radius 1 is 1.33 bits per heavy atom. The van der Waals surface area contributed by atoms with E-state index in [2.05, 4.69) is 9.97 Å². The molecular weight excluding hydrogens is 306 g/mol. The fourth-order valence-corrected chi connectivity index (χ4v) is 3.54. The van der Waals surface area contributed by atoms with Gasteiger partial charge in [0.15, 0.2) is 0 Å². The maximum absolute atomic E-state index is 12.7. The van der Waals surface area contributed by atoms with Crippen molar-refractivity contribution in [2.75, 3.05) is 13.1 Å². The number of nitrogens with zero attached hydrogens (tertiary/aromatic N) is 3. The highest BCUT2D eigenvalue weighted by molar-refractivity contribution is 5.94. The fourth-order valence-electron chi connectivity index (χ4n) is 3.54. The number of hydrogen-bond acceptors (Lipinski definition) is 4. The van der Waals surface area contributed by atoms with E-state index >= 15 is 0 Å². The van der Waals surface area contributed by atoms with Crippen LogP contribution in [0.15, 0.2) is 12.4 Å². The Kier molecular flexibility index (Phi) is 4.56. The maximum atomic E-state index is 12.7. The molecule has 2 fully saturated rings. The normalized spacial score (nSPS) is 24.2. The molecule has 130 valence electrons. The predicted octanol–water partition coefficient (Wildman–Crippen LogP) is 2.71. The molecule has 1 N–H and O–H groups in total. The lowest BCUT2D eigenvalue weighted by molar-refractivity contribution is -0.152. The van der Waals surface area contributed by atoms with Crippen LogP contribution >= 0.6 is 0 Å². The van der Waals surface area contributed by atoms with Crippen LogP contribution in [0.2, 0.25) is 0 Å². The van der Waals surface area contributed by atoms with Gasteiger partial charge in [0.1, 0.15) is 5.82 Å². The van der Waals surface area contributed by atoms with Crippen LogP contribution in [0.25, 0.3) is 0 Å². The van der Waals surface area contributed by atoms with E-state index in [0.29, 0.717) is 43.2 Å². The molecule has 6 nitrogen and oxygen atoms in total. The predicted molar refractivity (Wildman–Crippen MR) is 88.7 cm³/mol. The van der Waals surface area contributed by atoms with Gasteiger partial charge in [-0.25, -0.2) is 9.97 Å². The van der Waals surface area contributed by atoms with Crippen LogP contribution in [0.4, 0.5) is 0 Å². The molecule has 0 bridgehead atoms. The summed E-state index contributed by atoms with van der Waals surface area (Å²) >= 11 is 0. The van der Waals surface area contributed by atoms with E-state index in [4.69, 9.17) is 0 Å². The second-order valence-electron chi connectivity index (χ2n) is 7.55. The van der Waals surface area contributed by atoms with Gasteiger partial charge in [-0.15, -0.1) is 0 Å². The molecule has 1 saturated heterocycles. The third kappa shape index (κ3) is 3.42. The van der Waals surface area contributed by atoms with Gasteiger partial charge in [-0.2, -0.15) is 0 Å². The lowest BCUT2D eigenvalue weighted by atomic mass is 9.75. The monoisotopic (exact) mass is 331 g/mol. The summed E-state index contributed by atoms with van der Waals surface area (Å²) in [7, 11) is 0. The van der Waals surface area contributed by atoms with Gasteiger partial charge in [0.05, 0.1) is 11.0 Å². The first-order valence-corrected chi connectivity index (χ1v) is 8.76. The first-order chi connectivity index (χ1) is 11.4. The molecule has 1 amide bonds. The minimum atomic E-state index is -0.784. The van der Waals surface area contributed by atoms with Gasteiger partial charge in [0.2, 0.25) is 0 Å². The summed E-state index contributed by atoms with van der Waals surface area (Å²) in [6.07, 6.45) is 7.43. The second kappa shape index (κ2) is 6.49. The number of carbonyl (C=O) groups is 2. The van der Waals surface area contributed by atoms with Gasteiger partial charge < -0.3 is 10.0 Å². The summed E-state index contributed by atoms with van der Waals surface area (Å²) in [6.45, 7) is 4.90. The molecule has 2 aliphatic rings. The molecular formula is C18H25N3O3. The van der Waals surface area contributed by atoms with Crippen molar-refractivity contribution in [1.29, 1.82) is 0 Å². The quantitative estimate of drug-likeness (QED) is 0.897. The number of carbonyl (C=O) groups excluding carboxylic acids is 1. The van der Waals surface area contributed by atoms with Gasteiger partial charge >= 0.3 is 5.97 Å². The summed E-state index contributed by atoms with van der Waals surface area (Å²) in [5, 5.41) is 9.77. The number of carboxylic acid groups (broad SMARTS) is 1. The highest BCUT2D eigenvalue weighted by Crippen LogP contribution is 2.45. The maximum Gasteiger partial charge on any atom is 0.311 e. The molecule has 0 spiro atoms. The SMILES string of the molecule is CC(C)c1ncc(C(=O)N2CCCC(CC3CC3)(C(=O)O)C2)cn1. The Morgan fingerprint density at radius 3 is 2.54 bits per heavy atom. The van der Waals surface area contributed by atoms with Crippen molar-refractivity contribution >= 4 is 11.9 Å². The molecule has 1 saturated carbocycles. The zero-order chi connectivity index (χ0) is 17.3. The van der Waals surface area contributed by atoms with E-state index in [1.54, 1.807) is 17.3 Å². The van der Waals surface area contributed by atoms with E-state index < -0.39 is 11.4 Å². The first kappa shape index (κ1) is 16.9. The van der Waals surface area contributed by atoms with Crippen molar-refractivity contribution in [3.8, 4) is 0 Å². The molecule has 1 unspecified atom stereocenters. The van der Waals surface area contributed by atoms with Crippen LogP contribution in [-0.4, -0.2) is 44.9 Å². The van der Waals surface area contributed by atoms with Gasteiger partial charge in [-0.05, 0) is 25.2 Å². The van der Waals surface area contributed by atoms with Gasteiger partial charge in [0.25, 0.3) is 5.91 Å². The third-order valence-corrected chi connectivity index (χ3v) is 5.13. The smallest absolute Gasteiger partial charge is 0.311 e. The molecule has 1 atom stereocenters. The summed E-state index contributed by atoms with van der Waals surface area (Å²) < 4.78 is 0. The van der Waals surface area contributed by atoms with Crippen LogP contribution in [0, 0.1) is 11.3 Å². The Balaban J connectivity index is 1.75. The number of amides is 1. The largest absolute Gasteiger partial charge is 0.481 e. The zero-order valence-corrected chi connectivity index (χ0v) is 14.4. The summed E-state index contributed by atoms with van der Waals surface area (Å²) in [5.74, 6) is 0.510. The summed E-state index contributed by atoms with van der Waals surface area (Å²) in [6, 6.07) is 0. The third-order valence-electron chi connectivity index (χ3n) is 5.13. The average Bonchev–Trinajstić information content (AvgIpc) is 3.38. The Labute approximate surface area is 142 Å². The van der Waals surface area contributed by atoms with Crippen molar-refractivity contribution in [3.05, 3.63) is 23.8 Å². The highest BCUT2D eigenvalue weighted by atomic mass is 16.4. The molecule has 0 radical (unpaired) electrons. The number of likely N-dealkylation sites (tertiary alicyclic amines) is 1. The lowest BCUT2D eigenvalue weighted by Crippen LogP contribution is -2.50. The highest BCUT2D eigenvalue weighted by Gasteiger charge is 2.46. The molecule has 1 aromatic heterocycles. The van der Waals surface area contributed by atoms with Crippen LogP contribution in [0.1, 0.15) is 68.1 Å². The molecule has 3 rings (SSSR count). The number of piperidine rings is 1. The number of aliphatic carboxylic acids is 1. The minimum absolute atomic E-state index is 0.161. The van der Waals surface area contributed by atoms with E-state index in [1.165, 1.54) is 0 Å². The zero-order valence-electron chi connectivity index (χ0n) is 14.4. The van der Waals surface area contributed by atoms with Crippen LogP contribution in [-0.2, 0) is 4.79 Å². The lowest BCUT2D eigenvalue weighted by Gasteiger charge is -2.40. The Morgan fingerprint density at radius 2 is 2.00 bits per heavy atom. The fraction of sp³-hybridized carbons (Fsp3) is 0.667. The van der Waals surface area contributed by atoms with Gasteiger partial charge in [-0.1, -0.05) is 26.7 Å². The Bertz CT molecular complexity index is 625. The molecule has 1 aliphatic carbocycles. The average molecular weight is 331 g/mol. The summed E-state index contributed by atoms with van der Waals surface area (Å²) in [4.78, 5) is 34.8. The molecule has 1 aliphatic heterocycles. The van der Waals surface area contributed by atoms with Crippen molar-refractivity contribution in [3.63, 3.8) is 0 Å². The van der Waals surface area contributed by atoms with Crippen LogP contribution in [0.5, 0.6) is 0 Å². The molecule has 6 heteroatoms. The van der Waals surface area contributed by atoms with E-state index in [1.807, 2.05) is 13.8 Å². The number of rotatable bonds is 5. The van der Waals surface area contributed by atoms with Crippen LogP contribution < -0.4 is 0 Å². The molecule has 2 heterocycles. The van der Waals surface area contributed by atoms with Crippen LogP contribution in [0.3, 0.4) is 0 Å². The van der Waals surface area contributed by atoms with E-state index in [9.17, 15) is 14.7 Å². The molecule has 0 aromatic carbocycles. The van der Waals surface area contributed by atoms with Crippen molar-refractivity contribution in [1.82, 2.24) is 14.9 Å². The molecule has 1 aromatic rings. The van der Waals surface area contributed by atoms with Crippen molar-refractivity contribution in [2.45, 2.75) is 51.9 Å². The number of aromatic nitrogens is 2. The first-order valence-electron chi connectivity index (χ1n) is 8.76. The van der Waals surface area contributed by atoms with Crippen molar-refractivity contribution < 1.29 is 14.7 Å². The van der Waals surface area contributed by atoms with E-state index in [0.717, 1.165) is 19.3 Å². The number of hydrogen-bond donors (Lipinski definition) is 1. The Hall–Kier alpha value is -1.98. The summed E-state index contributed by atoms with van der Waals surface area (Å²) in [5.41, 5.74) is -0.347. The minimum Gasteiger partial charge on any atom is -0.481 e.